The fourth-order valence-electron chi connectivity index (χ4n) is 2.02. The van der Waals surface area contributed by atoms with E-state index in [0.717, 1.165) is 11.1 Å². The SMILES string of the molecule is O=C(Cc1ccncc1)N[C@@H](CO)Cc1ccccc1. The van der Waals surface area contributed by atoms with Gasteiger partial charge in [-0.05, 0) is 29.7 Å². The van der Waals surface area contributed by atoms with Crippen LogP contribution in [-0.4, -0.2) is 28.6 Å². The van der Waals surface area contributed by atoms with E-state index >= 15 is 0 Å². The summed E-state index contributed by atoms with van der Waals surface area (Å²) in [7, 11) is 0. The highest BCUT2D eigenvalue weighted by molar-refractivity contribution is 5.78. The number of hydrogen-bond donors (Lipinski definition) is 2. The van der Waals surface area contributed by atoms with Gasteiger partial charge >= 0.3 is 0 Å². The van der Waals surface area contributed by atoms with Crippen LogP contribution in [0.5, 0.6) is 0 Å². The van der Waals surface area contributed by atoms with Crippen LogP contribution in [0.4, 0.5) is 0 Å². The molecule has 1 atom stereocenters. The number of aliphatic hydroxyl groups is 1. The molecule has 104 valence electrons. The lowest BCUT2D eigenvalue weighted by Crippen LogP contribution is -2.39. The number of rotatable bonds is 6. The summed E-state index contributed by atoms with van der Waals surface area (Å²) >= 11 is 0. The van der Waals surface area contributed by atoms with Crippen LogP contribution in [0, 0.1) is 0 Å². The molecule has 0 saturated carbocycles. The zero-order valence-corrected chi connectivity index (χ0v) is 11.2. The van der Waals surface area contributed by atoms with Gasteiger partial charge in [-0.15, -0.1) is 0 Å². The third kappa shape index (κ3) is 4.48. The second-order valence-electron chi connectivity index (χ2n) is 4.67. The van der Waals surface area contributed by atoms with E-state index in [4.69, 9.17) is 0 Å². The van der Waals surface area contributed by atoms with E-state index in [9.17, 15) is 9.90 Å². The summed E-state index contributed by atoms with van der Waals surface area (Å²) in [6.45, 7) is -0.0724. The van der Waals surface area contributed by atoms with Crippen LogP contribution < -0.4 is 5.32 Å². The quantitative estimate of drug-likeness (QED) is 0.832. The Morgan fingerprint density at radius 1 is 1.10 bits per heavy atom. The van der Waals surface area contributed by atoms with E-state index in [0.29, 0.717) is 12.8 Å². The van der Waals surface area contributed by atoms with E-state index in [2.05, 4.69) is 10.3 Å². The number of hydrogen-bond acceptors (Lipinski definition) is 3. The van der Waals surface area contributed by atoms with Crippen LogP contribution in [0.2, 0.25) is 0 Å². The number of amides is 1. The summed E-state index contributed by atoms with van der Waals surface area (Å²) in [5.41, 5.74) is 2.00. The van der Waals surface area contributed by atoms with Gasteiger partial charge in [0, 0.05) is 12.4 Å². The fourth-order valence-corrected chi connectivity index (χ4v) is 2.02. The van der Waals surface area contributed by atoms with Crippen molar-refractivity contribution in [2.24, 2.45) is 0 Å². The minimum atomic E-state index is -0.258. The first-order valence-corrected chi connectivity index (χ1v) is 6.61. The first-order valence-electron chi connectivity index (χ1n) is 6.61. The maximum Gasteiger partial charge on any atom is 0.224 e. The van der Waals surface area contributed by atoms with Crippen LogP contribution in [-0.2, 0) is 17.6 Å². The van der Waals surface area contributed by atoms with E-state index < -0.39 is 0 Å². The first-order chi connectivity index (χ1) is 9.78. The number of pyridine rings is 1. The standard InChI is InChI=1S/C16H18N2O2/c19-12-15(10-13-4-2-1-3-5-13)18-16(20)11-14-6-8-17-9-7-14/h1-9,15,19H,10-12H2,(H,18,20)/t15-/m1/s1. The predicted octanol–water partition coefficient (Wildman–Crippen LogP) is 1.34. The van der Waals surface area contributed by atoms with Crippen molar-refractivity contribution in [2.75, 3.05) is 6.61 Å². The summed E-state index contributed by atoms with van der Waals surface area (Å²) in [4.78, 5) is 15.8. The topological polar surface area (TPSA) is 62.2 Å². The molecule has 0 bridgehead atoms. The van der Waals surface area contributed by atoms with Crippen LogP contribution in [0.1, 0.15) is 11.1 Å². The highest BCUT2D eigenvalue weighted by atomic mass is 16.3. The van der Waals surface area contributed by atoms with Crippen molar-refractivity contribution < 1.29 is 9.90 Å². The van der Waals surface area contributed by atoms with E-state index in [-0.39, 0.29) is 18.6 Å². The third-order valence-corrected chi connectivity index (χ3v) is 3.02. The lowest BCUT2D eigenvalue weighted by Gasteiger charge is -2.16. The van der Waals surface area contributed by atoms with Crippen molar-refractivity contribution >= 4 is 5.91 Å². The zero-order valence-electron chi connectivity index (χ0n) is 11.2. The van der Waals surface area contributed by atoms with Crippen molar-refractivity contribution in [3.8, 4) is 0 Å². The lowest BCUT2D eigenvalue weighted by molar-refractivity contribution is -0.121. The molecule has 0 fully saturated rings. The van der Waals surface area contributed by atoms with Crippen LogP contribution in [0.3, 0.4) is 0 Å². The second-order valence-corrected chi connectivity index (χ2v) is 4.67. The van der Waals surface area contributed by atoms with Gasteiger partial charge in [-0.3, -0.25) is 9.78 Å². The van der Waals surface area contributed by atoms with Crippen LogP contribution in [0.25, 0.3) is 0 Å². The van der Waals surface area contributed by atoms with E-state index in [1.807, 2.05) is 42.5 Å². The molecule has 0 aliphatic carbocycles. The molecule has 4 heteroatoms. The number of carbonyl (C=O) groups is 1. The van der Waals surface area contributed by atoms with Gasteiger partial charge in [-0.1, -0.05) is 30.3 Å². The van der Waals surface area contributed by atoms with Gasteiger partial charge in [0.1, 0.15) is 0 Å². The first kappa shape index (κ1) is 14.2. The number of nitrogens with one attached hydrogen (secondary N) is 1. The molecule has 0 radical (unpaired) electrons. The molecule has 4 nitrogen and oxygen atoms in total. The van der Waals surface area contributed by atoms with Gasteiger partial charge in [0.2, 0.25) is 5.91 Å². The third-order valence-electron chi connectivity index (χ3n) is 3.02. The monoisotopic (exact) mass is 270 g/mol. The summed E-state index contributed by atoms with van der Waals surface area (Å²) in [5, 5.41) is 12.2. The Kier molecular flexibility index (Phi) is 5.26. The largest absolute Gasteiger partial charge is 0.394 e. The summed E-state index contributed by atoms with van der Waals surface area (Å²) in [5.74, 6) is -0.0915. The van der Waals surface area contributed by atoms with E-state index in [1.165, 1.54) is 0 Å². The molecule has 1 heterocycles. The maximum atomic E-state index is 11.9. The lowest BCUT2D eigenvalue weighted by atomic mass is 10.1. The average Bonchev–Trinajstić information content (AvgIpc) is 2.48. The Bertz CT molecular complexity index is 529. The van der Waals surface area contributed by atoms with E-state index in [1.54, 1.807) is 12.4 Å². The summed E-state index contributed by atoms with van der Waals surface area (Å²) in [6, 6.07) is 13.2. The Balaban J connectivity index is 1.88. The smallest absolute Gasteiger partial charge is 0.224 e. The summed E-state index contributed by atoms with van der Waals surface area (Å²) < 4.78 is 0. The molecule has 0 aliphatic heterocycles. The highest BCUT2D eigenvalue weighted by Crippen LogP contribution is 2.04. The molecule has 2 aromatic rings. The molecule has 0 spiro atoms. The molecule has 0 aliphatic rings. The van der Waals surface area contributed by atoms with Gasteiger partial charge in [0.05, 0.1) is 19.1 Å². The van der Waals surface area contributed by atoms with Crippen molar-refractivity contribution in [2.45, 2.75) is 18.9 Å². The normalized spacial score (nSPS) is 11.8. The van der Waals surface area contributed by atoms with Gasteiger partial charge in [-0.2, -0.15) is 0 Å². The zero-order chi connectivity index (χ0) is 14.2. The number of aliphatic hydroxyl groups excluding tert-OH is 1. The Morgan fingerprint density at radius 3 is 2.45 bits per heavy atom. The van der Waals surface area contributed by atoms with Gasteiger partial charge in [0.25, 0.3) is 0 Å². The fraction of sp³-hybridized carbons (Fsp3) is 0.250. The minimum Gasteiger partial charge on any atom is -0.394 e. The molecule has 2 N–H and O–H groups in total. The Hall–Kier alpha value is -2.20. The molecule has 2 rings (SSSR count). The van der Waals surface area contributed by atoms with Crippen LogP contribution in [0.15, 0.2) is 54.9 Å². The van der Waals surface area contributed by atoms with Crippen molar-refractivity contribution in [1.82, 2.24) is 10.3 Å². The highest BCUT2D eigenvalue weighted by Gasteiger charge is 2.12. The van der Waals surface area contributed by atoms with Gasteiger partial charge in [-0.25, -0.2) is 0 Å². The average molecular weight is 270 g/mol. The Labute approximate surface area is 118 Å². The molecule has 0 saturated heterocycles. The molecule has 1 aromatic heterocycles. The molecule has 1 aromatic carbocycles. The van der Waals surface area contributed by atoms with Crippen molar-refractivity contribution in [1.29, 1.82) is 0 Å². The molecule has 20 heavy (non-hydrogen) atoms. The van der Waals surface area contributed by atoms with Crippen molar-refractivity contribution in [3.63, 3.8) is 0 Å². The number of nitrogens with zero attached hydrogens (tertiary/aromatic N) is 1. The number of carbonyl (C=O) groups excluding carboxylic acids is 1. The molecule has 1 amide bonds. The van der Waals surface area contributed by atoms with Gasteiger partial charge in [0.15, 0.2) is 0 Å². The minimum absolute atomic E-state index is 0.0724. The number of benzene rings is 1. The summed E-state index contributed by atoms with van der Waals surface area (Å²) in [6.07, 6.45) is 4.25. The molecular weight excluding hydrogens is 252 g/mol. The predicted molar refractivity (Wildman–Crippen MR) is 77.1 cm³/mol. The maximum absolute atomic E-state index is 11.9. The van der Waals surface area contributed by atoms with Crippen LogP contribution >= 0.6 is 0 Å². The van der Waals surface area contributed by atoms with Gasteiger partial charge < -0.3 is 10.4 Å². The molecular formula is C16H18N2O2. The Morgan fingerprint density at radius 2 is 1.80 bits per heavy atom. The molecule has 0 unspecified atom stereocenters. The second kappa shape index (κ2) is 7.40. The number of aromatic nitrogens is 1. The van der Waals surface area contributed by atoms with Crippen molar-refractivity contribution in [3.05, 3.63) is 66.0 Å².